The van der Waals surface area contributed by atoms with E-state index in [9.17, 15) is 0 Å². The summed E-state index contributed by atoms with van der Waals surface area (Å²) in [5, 5.41) is 0. The van der Waals surface area contributed by atoms with Gasteiger partial charge in [0.25, 0.3) is 0 Å². The van der Waals surface area contributed by atoms with E-state index >= 15 is 0 Å². The fraction of sp³-hybridized carbons (Fsp3) is 0.556. The van der Waals surface area contributed by atoms with Crippen molar-refractivity contribution in [1.29, 1.82) is 0 Å². The van der Waals surface area contributed by atoms with Crippen molar-refractivity contribution in [2.45, 2.75) is 46.0 Å². The molecule has 0 aromatic heterocycles. The topological polar surface area (TPSA) is 0 Å². The lowest BCUT2D eigenvalue weighted by atomic mass is 9.73. The van der Waals surface area contributed by atoms with E-state index < -0.39 is 0 Å². The van der Waals surface area contributed by atoms with Crippen molar-refractivity contribution >= 4 is 6.08 Å². The third-order valence-corrected chi connectivity index (χ3v) is 4.59. The fourth-order valence-corrected chi connectivity index (χ4v) is 4.02. The molecule has 0 aliphatic heterocycles. The van der Waals surface area contributed by atoms with Crippen LogP contribution in [0, 0.1) is 17.3 Å². The van der Waals surface area contributed by atoms with E-state index in [1.54, 1.807) is 5.56 Å². The fourth-order valence-electron chi connectivity index (χ4n) is 4.02. The molecule has 0 spiro atoms. The van der Waals surface area contributed by atoms with Crippen LogP contribution in [0.5, 0.6) is 0 Å². The van der Waals surface area contributed by atoms with Crippen LogP contribution in [0.2, 0.25) is 0 Å². The minimum Gasteiger partial charge on any atom is -0.0802 e. The largest absolute Gasteiger partial charge is 0.0802 e. The van der Waals surface area contributed by atoms with E-state index in [0.717, 1.165) is 17.8 Å². The highest BCUT2D eigenvalue weighted by Gasteiger charge is 2.39. The average molecular weight is 240 g/mol. The smallest absolute Gasteiger partial charge is 0.00644 e. The van der Waals surface area contributed by atoms with Gasteiger partial charge >= 0.3 is 0 Å². The minimum atomic E-state index is 0.454. The van der Waals surface area contributed by atoms with Crippen molar-refractivity contribution in [1.82, 2.24) is 0 Å². The number of allylic oxidation sites excluding steroid dienone is 1. The lowest BCUT2D eigenvalue weighted by molar-refractivity contribution is 0.273. The first-order chi connectivity index (χ1) is 8.54. The molecule has 1 saturated carbocycles. The quantitative estimate of drug-likeness (QED) is 0.628. The Kier molecular flexibility index (Phi) is 2.84. The Bertz CT molecular complexity index is 461. The molecule has 2 aliphatic rings. The summed E-state index contributed by atoms with van der Waals surface area (Å²) in [4.78, 5) is 0. The van der Waals surface area contributed by atoms with E-state index in [4.69, 9.17) is 0 Å². The normalized spacial score (nSPS) is 30.1. The second kappa shape index (κ2) is 4.26. The monoisotopic (exact) mass is 240 g/mol. The molecule has 1 aromatic rings. The molecular formula is C18H24. The Labute approximate surface area is 111 Å². The minimum absolute atomic E-state index is 0.454. The highest BCUT2D eigenvalue weighted by atomic mass is 14.4. The van der Waals surface area contributed by atoms with Crippen molar-refractivity contribution in [3.05, 3.63) is 41.5 Å². The van der Waals surface area contributed by atoms with Gasteiger partial charge in [-0.05, 0) is 53.6 Å². The van der Waals surface area contributed by atoms with Crippen molar-refractivity contribution < 1.29 is 0 Å². The van der Waals surface area contributed by atoms with Gasteiger partial charge in [-0.3, -0.25) is 0 Å². The molecular weight excluding hydrogens is 216 g/mol. The number of rotatable bonds is 1. The van der Waals surface area contributed by atoms with Gasteiger partial charge in [0.2, 0.25) is 0 Å². The summed E-state index contributed by atoms with van der Waals surface area (Å²) in [6.45, 7) is 7.14. The summed E-state index contributed by atoms with van der Waals surface area (Å²) in [5.74, 6) is 2.46. The second-order valence-corrected chi connectivity index (χ2v) is 7.28. The summed E-state index contributed by atoms with van der Waals surface area (Å²) in [5.41, 5.74) is 3.52. The molecule has 0 bridgehead atoms. The molecule has 0 N–H and O–H groups in total. The second-order valence-electron chi connectivity index (χ2n) is 7.28. The molecule has 1 fully saturated rings. The van der Waals surface area contributed by atoms with Crippen LogP contribution in [-0.4, -0.2) is 0 Å². The lowest BCUT2D eigenvalue weighted by Gasteiger charge is -2.32. The zero-order valence-corrected chi connectivity index (χ0v) is 11.8. The number of fused-ring (bicyclic) bond motifs is 3. The maximum Gasteiger partial charge on any atom is -0.00644 e. The first kappa shape index (κ1) is 12.0. The van der Waals surface area contributed by atoms with Gasteiger partial charge in [0, 0.05) is 0 Å². The summed E-state index contributed by atoms with van der Waals surface area (Å²) < 4.78 is 0. The number of hydrogen-bond acceptors (Lipinski definition) is 0. The van der Waals surface area contributed by atoms with E-state index in [1.807, 2.05) is 0 Å². The van der Waals surface area contributed by atoms with Gasteiger partial charge < -0.3 is 0 Å². The molecule has 2 aliphatic carbocycles. The molecule has 0 heteroatoms. The Morgan fingerprint density at radius 3 is 2.67 bits per heavy atom. The summed E-state index contributed by atoms with van der Waals surface area (Å²) in [6, 6.07) is 9.00. The molecule has 0 saturated heterocycles. The lowest BCUT2D eigenvalue weighted by Crippen LogP contribution is -2.20. The van der Waals surface area contributed by atoms with Gasteiger partial charge in [-0.1, -0.05) is 57.2 Å². The van der Waals surface area contributed by atoms with E-state index in [0.29, 0.717) is 5.41 Å². The SMILES string of the molecule is CC(C)(C)CC1CCC2C=Cc3ccccc3C21. The molecule has 0 nitrogen and oxygen atoms in total. The average Bonchev–Trinajstić information content (AvgIpc) is 2.70. The van der Waals surface area contributed by atoms with E-state index in [2.05, 4.69) is 57.2 Å². The molecule has 0 heterocycles. The molecule has 0 amide bonds. The van der Waals surface area contributed by atoms with Crippen LogP contribution >= 0.6 is 0 Å². The third kappa shape index (κ3) is 2.13. The van der Waals surface area contributed by atoms with Crippen LogP contribution in [0.15, 0.2) is 30.3 Å². The van der Waals surface area contributed by atoms with Gasteiger partial charge in [0.1, 0.15) is 0 Å². The van der Waals surface area contributed by atoms with Gasteiger partial charge in [-0.2, -0.15) is 0 Å². The van der Waals surface area contributed by atoms with Crippen LogP contribution in [-0.2, 0) is 0 Å². The van der Waals surface area contributed by atoms with Crippen LogP contribution in [0.4, 0.5) is 0 Å². The Morgan fingerprint density at radius 1 is 1.11 bits per heavy atom. The van der Waals surface area contributed by atoms with Crippen LogP contribution in [0.1, 0.15) is 57.1 Å². The molecule has 96 valence electrons. The zero-order valence-electron chi connectivity index (χ0n) is 11.8. The van der Waals surface area contributed by atoms with Gasteiger partial charge in [0.05, 0.1) is 0 Å². The van der Waals surface area contributed by atoms with Crippen molar-refractivity contribution in [3.63, 3.8) is 0 Å². The summed E-state index contributed by atoms with van der Waals surface area (Å²) >= 11 is 0. The first-order valence-corrected chi connectivity index (χ1v) is 7.32. The highest BCUT2D eigenvalue weighted by molar-refractivity contribution is 5.59. The maximum atomic E-state index is 2.47. The van der Waals surface area contributed by atoms with Gasteiger partial charge in [-0.15, -0.1) is 0 Å². The van der Waals surface area contributed by atoms with Crippen molar-refractivity contribution in [2.75, 3.05) is 0 Å². The van der Waals surface area contributed by atoms with Gasteiger partial charge in [-0.25, -0.2) is 0 Å². The summed E-state index contributed by atoms with van der Waals surface area (Å²) in [6.07, 6.45) is 8.96. The number of hydrogen-bond donors (Lipinski definition) is 0. The molecule has 0 radical (unpaired) electrons. The first-order valence-electron chi connectivity index (χ1n) is 7.32. The molecule has 3 rings (SSSR count). The van der Waals surface area contributed by atoms with Gasteiger partial charge in [0.15, 0.2) is 0 Å². The van der Waals surface area contributed by atoms with E-state index in [1.165, 1.54) is 24.8 Å². The number of benzene rings is 1. The predicted octanol–water partition coefficient (Wildman–Crippen LogP) is 5.26. The van der Waals surface area contributed by atoms with Crippen LogP contribution in [0.25, 0.3) is 6.08 Å². The molecule has 3 atom stereocenters. The van der Waals surface area contributed by atoms with Crippen LogP contribution in [0.3, 0.4) is 0 Å². The zero-order chi connectivity index (χ0) is 12.8. The highest BCUT2D eigenvalue weighted by Crippen LogP contribution is 2.51. The summed E-state index contributed by atoms with van der Waals surface area (Å²) in [7, 11) is 0. The van der Waals surface area contributed by atoms with E-state index in [-0.39, 0.29) is 0 Å². The Balaban J connectivity index is 1.93. The van der Waals surface area contributed by atoms with Crippen molar-refractivity contribution in [3.8, 4) is 0 Å². The molecule has 3 unspecified atom stereocenters. The third-order valence-electron chi connectivity index (χ3n) is 4.59. The standard InChI is InChI=1S/C18H24/c1-18(2,3)12-15-11-10-14-9-8-13-6-4-5-7-16(13)17(14)15/h4-9,14-15,17H,10-12H2,1-3H3. The van der Waals surface area contributed by atoms with Crippen molar-refractivity contribution in [2.24, 2.45) is 17.3 Å². The molecule has 1 aromatic carbocycles. The predicted molar refractivity (Wildman–Crippen MR) is 78.5 cm³/mol. The Morgan fingerprint density at radius 2 is 1.89 bits per heavy atom. The molecule has 18 heavy (non-hydrogen) atoms. The van der Waals surface area contributed by atoms with Crippen LogP contribution < -0.4 is 0 Å². The maximum absolute atomic E-state index is 2.47. The Hall–Kier alpha value is -1.04.